The molecule has 1 atom stereocenters. The molecule has 0 amide bonds. The first kappa shape index (κ1) is 11.1. The van der Waals surface area contributed by atoms with Crippen LogP contribution in [0.1, 0.15) is 13.3 Å². The lowest BCUT2D eigenvalue weighted by Crippen LogP contribution is -2.06. The van der Waals surface area contributed by atoms with Crippen molar-refractivity contribution < 1.29 is 5.11 Å². The first-order valence-electron chi connectivity index (χ1n) is 4.28. The van der Waals surface area contributed by atoms with Gasteiger partial charge in [0.05, 0.1) is 6.10 Å². The van der Waals surface area contributed by atoms with Crippen LogP contribution in [-0.2, 0) is 0 Å². The summed E-state index contributed by atoms with van der Waals surface area (Å²) < 4.78 is 1.09. The van der Waals surface area contributed by atoms with Crippen LogP contribution in [0.25, 0.3) is 0 Å². The van der Waals surface area contributed by atoms with E-state index in [9.17, 15) is 5.11 Å². The molecule has 0 saturated heterocycles. The number of thioether (sulfide) groups is 1. The minimum Gasteiger partial charge on any atom is -0.392 e. The summed E-state index contributed by atoms with van der Waals surface area (Å²) in [4.78, 5) is 1.20. The van der Waals surface area contributed by atoms with Gasteiger partial charge < -0.3 is 5.11 Å². The Balaban J connectivity index is 2.45. The summed E-state index contributed by atoms with van der Waals surface area (Å²) >= 11 is 5.10. The lowest BCUT2D eigenvalue weighted by atomic mass is 10.3. The molecule has 3 heteroatoms. The molecule has 1 unspecified atom stereocenters. The molecule has 0 bridgehead atoms. The highest BCUT2D eigenvalue weighted by Crippen LogP contribution is 2.22. The molecule has 0 fully saturated rings. The van der Waals surface area contributed by atoms with Crippen molar-refractivity contribution in [1.82, 2.24) is 0 Å². The standard InChI is InChI=1S/C10H13BrOS/c1-2-9(12)7-13-10-5-3-4-8(11)6-10/h3-6,9,12H,2,7H2,1H3. The fourth-order valence-electron chi connectivity index (χ4n) is 0.867. The molecule has 1 nitrogen and oxygen atoms in total. The summed E-state index contributed by atoms with van der Waals surface area (Å²) in [5.41, 5.74) is 0. The number of hydrogen-bond acceptors (Lipinski definition) is 2. The van der Waals surface area contributed by atoms with Gasteiger partial charge in [-0.2, -0.15) is 0 Å². The molecule has 0 saturated carbocycles. The average molecular weight is 261 g/mol. The van der Waals surface area contributed by atoms with E-state index in [4.69, 9.17) is 0 Å². The SMILES string of the molecule is CCC(O)CSc1cccc(Br)c1. The van der Waals surface area contributed by atoms with Gasteiger partial charge in [-0.1, -0.05) is 28.9 Å². The molecule has 0 heterocycles. The van der Waals surface area contributed by atoms with Gasteiger partial charge in [-0.05, 0) is 24.6 Å². The number of hydrogen-bond donors (Lipinski definition) is 1. The Morgan fingerprint density at radius 2 is 2.31 bits per heavy atom. The van der Waals surface area contributed by atoms with Crippen molar-refractivity contribution in [2.75, 3.05) is 5.75 Å². The second kappa shape index (κ2) is 5.68. The van der Waals surface area contributed by atoms with Gasteiger partial charge in [0.25, 0.3) is 0 Å². The van der Waals surface area contributed by atoms with Crippen molar-refractivity contribution in [3.63, 3.8) is 0 Å². The quantitative estimate of drug-likeness (QED) is 0.839. The van der Waals surface area contributed by atoms with Crippen LogP contribution in [0, 0.1) is 0 Å². The van der Waals surface area contributed by atoms with Crippen molar-refractivity contribution in [3.8, 4) is 0 Å². The Bertz CT molecular complexity index is 265. The van der Waals surface area contributed by atoms with Crippen LogP contribution in [-0.4, -0.2) is 17.0 Å². The molecule has 72 valence electrons. The van der Waals surface area contributed by atoms with Gasteiger partial charge in [0, 0.05) is 15.1 Å². The van der Waals surface area contributed by atoms with Gasteiger partial charge in [0.1, 0.15) is 0 Å². The minimum atomic E-state index is -0.191. The number of benzene rings is 1. The van der Waals surface area contributed by atoms with Crippen molar-refractivity contribution in [2.24, 2.45) is 0 Å². The highest BCUT2D eigenvalue weighted by atomic mass is 79.9. The minimum absolute atomic E-state index is 0.191. The Morgan fingerprint density at radius 3 is 2.92 bits per heavy atom. The number of aliphatic hydroxyl groups is 1. The van der Waals surface area contributed by atoms with Gasteiger partial charge in [-0.3, -0.25) is 0 Å². The Labute approximate surface area is 91.7 Å². The molecule has 13 heavy (non-hydrogen) atoms. The maximum atomic E-state index is 9.36. The van der Waals surface area contributed by atoms with E-state index in [0.717, 1.165) is 16.6 Å². The molecule has 0 aliphatic rings. The maximum Gasteiger partial charge on any atom is 0.0631 e. The molecule has 0 aromatic heterocycles. The van der Waals surface area contributed by atoms with Gasteiger partial charge >= 0.3 is 0 Å². The topological polar surface area (TPSA) is 20.2 Å². The Kier molecular flexibility index (Phi) is 4.84. The predicted octanol–water partition coefficient (Wildman–Crippen LogP) is 3.31. The smallest absolute Gasteiger partial charge is 0.0631 e. The molecule has 0 aliphatic heterocycles. The second-order valence-corrected chi connectivity index (χ2v) is 4.84. The molecule has 1 aromatic rings. The van der Waals surface area contributed by atoms with Crippen LogP contribution in [0.2, 0.25) is 0 Å². The fraction of sp³-hybridized carbons (Fsp3) is 0.400. The van der Waals surface area contributed by atoms with E-state index in [1.807, 2.05) is 19.1 Å². The lowest BCUT2D eigenvalue weighted by Gasteiger charge is -2.06. The van der Waals surface area contributed by atoms with E-state index < -0.39 is 0 Å². The first-order valence-corrected chi connectivity index (χ1v) is 6.06. The summed E-state index contributed by atoms with van der Waals surface area (Å²) in [6.45, 7) is 1.99. The van der Waals surface area contributed by atoms with Gasteiger partial charge in [-0.15, -0.1) is 11.8 Å². The zero-order valence-corrected chi connectivity index (χ0v) is 9.94. The molecule has 0 radical (unpaired) electrons. The normalized spacial score (nSPS) is 12.8. The Hall–Kier alpha value is 0.01000. The molecule has 0 spiro atoms. The van der Waals surface area contributed by atoms with E-state index in [-0.39, 0.29) is 6.10 Å². The molecule has 1 aromatic carbocycles. The van der Waals surface area contributed by atoms with Crippen LogP contribution in [0.5, 0.6) is 0 Å². The molecular formula is C10H13BrOS. The van der Waals surface area contributed by atoms with E-state index in [1.165, 1.54) is 4.90 Å². The third-order valence-electron chi connectivity index (χ3n) is 1.71. The van der Waals surface area contributed by atoms with Crippen molar-refractivity contribution in [1.29, 1.82) is 0 Å². The van der Waals surface area contributed by atoms with Gasteiger partial charge in [-0.25, -0.2) is 0 Å². The van der Waals surface area contributed by atoms with Crippen LogP contribution in [0.4, 0.5) is 0 Å². The zero-order chi connectivity index (χ0) is 9.68. The number of aliphatic hydroxyl groups excluding tert-OH is 1. The maximum absolute atomic E-state index is 9.36. The summed E-state index contributed by atoms with van der Waals surface area (Å²) in [7, 11) is 0. The molecule has 1 N–H and O–H groups in total. The largest absolute Gasteiger partial charge is 0.392 e. The summed E-state index contributed by atoms with van der Waals surface area (Å²) in [5, 5.41) is 9.36. The number of rotatable bonds is 4. The summed E-state index contributed by atoms with van der Waals surface area (Å²) in [6.07, 6.45) is 0.630. The molecule has 0 aliphatic carbocycles. The van der Waals surface area contributed by atoms with Gasteiger partial charge in [0.15, 0.2) is 0 Å². The van der Waals surface area contributed by atoms with E-state index in [1.54, 1.807) is 11.8 Å². The first-order chi connectivity index (χ1) is 6.22. The van der Waals surface area contributed by atoms with Crippen molar-refractivity contribution >= 4 is 27.7 Å². The highest BCUT2D eigenvalue weighted by Gasteiger charge is 2.01. The third kappa shape index (κ3) is 4.16. The average Bonchev–Trinajstić information content (AvgIpc) is 2.14. The second-order valence-electron chi connectivity index (χ2n) is 2.83. The van der Waals surface area contributed by atoms with Gasteiger partial charge in [0.2, 0.25) is 0 Å². The van der Waals surface area contributed by atoms with E-state index >= 15 is 0 Å². The highest BCUT2D eigenvalue weighted by molar-refractivity contribution is 9.10. The molecule has 1 rings (SSSR count). The van der Waals surface area contributed by atoms with Crippen LogP contribution in [0.3, 0.4) is 0 Å². The predicted molar refractivity (Wildman–Crippen MR) is 61.2 cm³/mol. The fourth-order valence-corrected chi connectivity index (χ4v) is 2.42. The van der Waals surface area contributed by atoms with Crippen molar-refractivity contribution in [3.05, 3.63) is 28.7 Å². The van der Waals surface area contributed by atoms with Crippen LogP contribution in [0.15, 0.2) is 33.6 Å². The van der Waals surface area contributed by atoms with Crippen molar-refractivity contribution in [2.45, 2.75) is 24.3 Å². The summed E-state index contributed by atoms with van der Waals surface area (Å²) in [6, 6.07) is 8.12. The lowest BCUT2D eigenvalue weighted by molar-refractivity contribution is 0.195. The van der Waals surface area contributed by atoms with Crippen LogP contribution >= 0.6 is 27.7 Å². The zero-order valence-electron chi connectivity index (χ0n) is 7.53. The third-order valence-corrected chi connectivity index (χ3v) is 3.34. The monoisotopic (exact) mass is 260 g/mol. The van der Waals surface area contributed by atoms with Crippen LogP contribution < -0.4 is 0 Å². The Morgan fingerprint density at radius 1 is 1.54 bits per heavy atom. The van der Waals surface area contributed by atoms with E-state index in [0.29, 0.717) is 0 Å². The molecular weight excluding hydrogens is 248 g/mol. The number of halogens is 1. The van der Waals surface area contributed by atoms with E-state index in [2.05, 4.69) is 28.1 Å². The summed E-state index contributed by atoms with van der Waals surface area (Å²) in [5.74, 6) is 0.771.